The molecule has 1 aromatic heterocycles. The fourth-order valence-corrected chi connectivity index (χ4v) is 2.69. The maximum absolute atomic E-state index is 12.6. The van der Waals surface area contributed by atoms with Crippen LogP contribution in [0.5, 0.6) is 0 Å². The Morgan fingerprint density at radius 3 is 2.55 bits per heavy atom. The van der Waals surface area contributed by atoms with Crippen LogP contribution >= 0.6 is 0 Å². The number of anilines is 2. The van der Waals surface area contributed by atoms with Crippen LogP contribution in [0, 0.1) is 5.92 Å². The molecule has 2 heterocycles. The summed E-state index contributed by atoms with van der Waals surface area (Å²) in [5.74, 6) is 0.455. The van der Waals surface area contributed by atoms with Crippen molar-refractivity contribution in [2.24, 2.45) is 5.92 Å². The third-order valence-electron chi connectivity index (χ3n) is 3.86. The van der Waals surface area contributed by atoms with Crippen molar-refractivity contribution in [3.63, 3.8) is 0 Å². The van der Waals surface area contributed by atoms with Crippen molar-refractivity contribution in [2.75, 3.05) is 30.9 Å². The standard InChI is InChI=1S/C16H24N4O2/c1-11(2)15(20-9-5-6-14(20)21)16(22)18-13-8-7-12(10-17-13)19(3)4/h7-8,10-11,15H,5-6,9H2,1-4H3,(H,17,18,22). The van der Waals surface area contributed by atoms with E-state index in [1.54, 1.807) is 17.2 Å². The second kappa shape index (κ2) is 6.77. The number of carbonyl (C=O) groups is 2. The van der Waals surface area contributed by atoms with Crippen molar-refractivity contribution in [1.82, 2.24) is 9.88 Å². The molecule has 6 heteroatoms. The summed E-state index contributed by atoms with van der Waals surface area (Å²) in [7, 11) is 3.87. The van der Waals surface area contributed by atoms with E-state index in [9.17, 15) is 9.59 Å². The third kappa shape index (κ3) is 3.55. The zero-order valence-corrected chi connectivity index (χ0v) is 13.7. The molecule has 0 bridgehead atoms. The summed E-state index contributed by atoms with van der Waals surface area (Å²) < 4.78 is 0. The molecule has 1 atom stereocenters. The van der Waals surface area contributed by atoms with E-state index >= 15 is 0 Å². The van der Waals surface area contributed by atoms with Gasteiger partial charge in [-0.15, -0.1) is 0 Å². The van der Waals surface area contributed by atoms with Gasteiger partial charge in [-0.1, -0.05) is 13.8 Å². The molecule has 1 N–H and O–H groups in total. The van der Waals surface area contributed by atoms with Gasteiger partial charge in [-0.2, -0.15) is 0 Å². The number of nitrogens with zero attached hydrogens (tertiary/aromatic N) is 3. The molecule has 0 spiro atoms. The number of hydrogen-bond acceptors (Lipinski definition) is 4. The average Bonchev–Trinajstić information content (AvgIpc) is 2.85. The van der Waals surface area contributed by atoms with Crippen molar-refractivity contribution in [2.45, 2.75) is 32.7 Å². The predicted molar refractivity (Wildman–Crippen MR) is 86.8 cm³/mol. The van der Waals surface area contributed by atoms with Gasteiger partial charge in [0.2, 0.25) is 11.8 Å². The molecule has 120 valence electrons. The highest BCUT2D eigenvalue weighted by atomic mass is 16.2. The smallest absolute Gasteiger partial charge is 0.248 e. The molecular weight excluding hydrogens is 280 g/mol. The van der Waals surface area contributed by atoms with Crippen molar-refractivity contribution in [3.05, 3.63) is 18.3 Å². The average molecular weight is 304 g/mol. The van der Waals surface area contributed by atoms with Crippen LogP contribution in [0.25, 0.3) is 0 Å². The van der Waals surface area contributed by atoms with Gasteiger partial charge in [0.25, 0.3) is 0 Å². The number of rotatable bonds is 5. The molecule has 2 rings (SSSR count). The minimum Gasteiger partial charge on any atom is -0.376 e. The molecule has 1 unspecified atom stereocenters. The van der Waals surface area contributed by atoms with Crippen LogP contribution in [0.2, 0.25) is 0 Å². The first-order valence-electron chi connectivity index (χ1n) is 7.64. The molecule has 0 radical (unpaired) electrons. The van der Waals surface area contributed by atoms with Crippen LogP contribution < -0.4 is 10.2 Å². The van der Waals surface area contributed by atoms with E-state index in [0.29, 0.717) is 18.8 Å². The normalized spacial score (nSPS) is 16.0. The van der Waals surface area contributed by atoms with E-state index in [0.717, 1.165) is 12.1 Å². The maximum atomic E-state index is 12.6. The summed E-state index contributed by atoms with van der Waals surface area (Å²) in [6.07, 6.45) is 3.07. The largest absolute Gasteiger partial charge is 0.376 e. The van der Waals surface area contributed by atoms with Crippen LogP contribution in [0.4, 0.5) is 11.5 Å². The SMILES string of the molecule is CC(C)C(C(=O)Nc1ccc(N(C)C)cn1)N1CCCC1=O. The lowest BCUT2D eigenvalue weighted by molar-refractivity contribution is -0.136. The lowest BCUT2D eigenvalue weighted by atomic mass is 10.0. The van der Waals surface area contributed by atoms with Crippen molar-refractivity contribution in [3.8, 4) is 0 Å². The van der Waals surface area contributed by atoms with Crippen molar-refractivity contribution >= 4 is 23.3 Å². The summed E-state index contributed by atoms with van der Waals surface area (Å²) in [6.45, 7) is 4.57. The monoisotopic (exact) mass is 304 g/mol. The highest BCUT2D eigenvalue weighted by Crippen LogP contribution is 2.21. The number of likely N-dealkylation sites (tertiary alicyclic amines) is 1. The Kier molecular flexibility index (Phi) is 5.00. The number of nitrogens with one attached hydrogen (secondary N) is 1. The van der Waals surface area contributed by atoms with Crippen molar-refractivity contribution in [1.29, 1.82) is 0 Å². The molecule has 1 aliphatic heterocycles. The summed E-state index contributed by atoms with van der Waals surface area (Å²) >= 11 is 0. The zero-order chi connectivity index (χ0) is 16.3. The highest BCUT2D eigenvalue weighted by molar-refractivity contribution is 5.97. The minimum absolute atomic E-state index is 0.0584. The maximum Gasteiger partial charge on any atom is 0.248 e. The Labute approximate surface area is 131 Å². The topological polar surface area (TPSA) is 65.5 Å². The van der Waals surface area contributed by atoms with Crippen LogP contribution in [0.3, 0.4) is 0 Å². The molecule has 0 aliphatic carbocycles. The summed E-state index contributed by atoms with van der Waals surface area (Å²) in [5, 5.41) is 2.82. The first kappa shape index (κ1) is 16.3. The van der Waals surface area contributed by atoms with E-state index in [4.69, 9.17) is 0 Å². The molecule has 22 heavy (non-hydrogen) atoms. The van der Waals surface area contributed by atoms with Gasteiger partial charge in [0.15, 0.2) is 0 Å². The molecule has 0 aromatic carbocycles. The molecule has 1 fully saturated rings. The van der Waals surface area contributed by atoms with E-state index in [1.807, 2.05) is 38.9 Å². The fraction of sp³-hybridized carbons (Fsp3) is 0.562. The number of hydrogen-bond donors (Lipinski definition) is 1. The molecule has 1 aliphatic rings. The molecule has 0 saturated carbocycles. The molecular formula is C16H24N4O2. The Morgan fingerprint density at radius 2 is 2.09 bits per heavy atom. The van der Waals surface area contributed by atoms with Gasteiger partial charge >= 0.3 is 0 Å². The molecule has 6 nitrogen and oxygen atoms in total. The van der Waals surface area contributed by atoms with Gasteiger partial charge in [-0.05, 0) is 24.5 Å². The van der Waals surface area contributed by atoms with Crippen molar-refractivity contribution < 1.29 is 9.59 Å². The van der Waals surface area contributed by atoms with Gasteiger partial charge in [0.05, 0.1) is 11.9 Å². The number of amides is 2. The quantitative estimate of drug-likeness (QED) is 0.900. The minimum atomic E-state index is -0.440. The Balaban J connectivity index is 2.09. The van der Waals surface area contributed by atoms with Crippen LogP contribution in [0.15, 0.2) is 18.3 Å². The lowest BCUT2D eigenvalue weighted by Crippen LogP contribution is -2.48. The number of pyridine rings is 1. The van der Waals surface area contributed by atoms with Gasteiger partial charge in [-0.3, -0.25) is 9.59 Å². The Bertz CT molecular complexity index is 540. The van der Waals surface area contributed by atoms with Crippen LogP contribution in [-0.4, -0.2) is 48.4 Å². The molecule has 2 amide bonds. The van der Waals surface area contributed by atoms with Gasteiger partial charge in [0.1, 0.15) is 11.9 Å². The fourth-order valence-electron chi connectivity index (χ4n) is 2.69. The number of carbonyl (C=O) groups excluding carboxylic acids is 2. The van der Waals surface area contributed by atoms with Gasteiger partial charge in [0, 0.05) is 27.1 Å². The summed E-state index contributed by atoms with van der Waals surface area (Å²) in [4.78, 5) is 32.4. The van der Waals surface area contributed by atoms with Gasteiger partial charge in [-0.25, -0.2) is 4.98 Å². The second-order valence-electron chi connectivity index (χ2n) is 6.16. The van der Waals surface area contributed by atoms with E-state index in [-0.39, 0.29) is 17.7 Å². The predicted octanol–water partition coefficient (Wildman–Crippen LogP) is 1.73. The molecule has 1 aromatic rings. The van der Waals surface area contributed by atoms with Gasteiger partial charge < -0.3 is 15.1 Å². The third-order valence-corrected chi connectivity index (χ3v) is 3.86. The van der Waals surface area contributed by atoms with E-state index in [1.165, 1.54) is 0 Å². The zero-order valence-electron chi connectivity index (χ0n) is 13.7. The van der Waals surface area contributed by atoms with Crippen LogP contribution in [-0.2, 0) is 9.59 Å². The first-order chi connectivity index (χ1) is 10.4. The van der Waals surface area contributed by atoms with Crippen LogP contribution in [0.1, 0.15) is 26.7 Å². The van der Waals surface area contributed by atoms with E-state index in [2.05, 4.69) is 10.3 Å². The molecule has 1 saturated heterocycles. The summed E-state index contributed by atoms with van der Waals surface area (Å²) in [5.41, 5.74) is 0.966. The van der Waals surface area contributed by atoms with E-state index < -0.39 is 6.04 Å². The first-order valence-corrected chi connectivity index (χ1v) is 7.64. The Morgan fingerprint density at radius 1 is 1.36 bits per heavy atom. The highest BCUT2D eigenvalue weighted by Gasteiger charge is 2.34. The summed E-state index contributed by atoms with van der Waals surface area (Å²) in [6, 6.07) is 3.23. The lowest BCUT2D eigenvalue weighted by Gasteiger charge is -2.29. The second-order valence-corrected chi connectivity index (χ2v) is 6.16. The number of aromatic nitrogens is 1. The Hall–Kier alpha value is -2.11.